The van der Waals surface area contributed by atoms with Crippen molar-refractivity contribution in [2.24, 2.45) is 5.16 Å². The van der Waals surface area contributed by atoms with Crippen molar-refractivity contribution in [2.45, 2.75) is 13.3 Å². The Balaban J connectivity index is 2.70. The van der Waals surface area contributed by atoms with Gasteiger partial charge in [-0.3, -0.25) is 0 Å². The highest BCUT2D eigenvalue weighted by Crippen LogP contribution is 2.15. The molecule has 0 aliphatic rings. The Labute approximate surface area is 78.2 Å². The first-order valence-electron chi connectivity index (χ1n) is 4.14. The smallest absolute Gasteiger partial charge is 0.0583 e. The first kappa shape index (κ1) is 9.52. The molecule has 13 heavy (non-hydrogen) atoms. The summed E-state index contributed by atoms with van der Waals surface area (Å²) >= 11 is 0. The van der Waals surface area contributed by atoms with E-state index < -0.39 is 0 Å². The van der Waals surface area contributed by atoms with Gasteiger partial charge in [-0.1, -0.05) is 42.1 Å². The first-order valence-corrected chi connectivity index (χ1v) is 4.14. The molecular formula is C11H13NO. The molecule has 0 aliphatic carbocycles. The predicted octanol–water partition coefficient (Wildman–Crippen LogP) is 2.94. The van der Waals surface area contributed by atoms with Crippen LogP contribution in [0.1, 0.15) is 18.9 Å². The van der Waals surface area contributed by atoms with Crippen LogP contribution in [0.2, 0.25) is 0 Å². The Morgan fingerprint density at radius 3 is 2.54 bits per heavy atom. The summed E-state index contributed by atoms with van der Waals surface area (Å²) in [5.41, 5.74) is 2.73. The van der Waals surface area contributed by atoms with Gasteiger partial charge in [0.2, 0.25) is 0 Å². The molecule has 0 bridgehead atoms. The SMILES string of the molecule is C=C(C/C(C)=N/O)c1ccccc1. The minimum atomic E-state index is 0.612. The molecule has 0 unspecified atom stereocenters. The highest BCUT2D eigenvalue weighted by molar-refractivity contribution is 5.91. The van der Waals surface area contributed by atoms with Crippen LogP contribution >= 0.6 is 0 Å². The Kier molecular flexibility index (Phi) is 3.26. The molecule has 0 radical (unpaired) electrons. The molecule has 2 heteroatoms. The van der Waals surface area contributed by atoms with Crippen molar-refractivity contribution in [1.29, 1.82) is 0 Å². The molecule has 0 atom stereocenters. The molecule has 68 valence electrons. The molecule has 1 N–H and O–H groups in total. The number of nitrogens with zero attached hydrogens (tertiary/aromatic N) is 1. The Morgan fingerprint density at radius 2 is 2.00 bits per heavy atom. The lowest BCUT2D eigenvalue weighted by Gasteiger charge is -2.03. The van der Waals surface area contributed by atoms with E-state index in [1.54, 1.807) is 6.92 Å². The maximum absolute atomic E-state index is 8.48. The number of benzene rings is 1. The maximum atomic E-state index is 8.48. The Morgan fingerprint density at radius 1 is 1.38 bits per heavy atom. The third kappa shape index (κ3) is 2.75. The van der Waals surface area contributed by atoms with Gasteiger partial charge >= 0.3 is 0 Å². The second kappa shape index (κ2) is 4.45. The zero-order valence-electron chi connectivity index (χ0n) is 7.70. The molecule has 0 spiro atoms. The van der Waals surface area contributed by atoms with E-state index in [0.717, 1.165) is 11.1 Å². The summed E-state index contributed by atoms with van der Waals surface area (Å²) in [4.78, 5) is 0. The van der Waals surface area contributed by atoms with Crippen LogP contribution < -0.4 is 0 Å². The van der Waals surface area contributed by atoms with Crippen LogP contribution in [0.25, 0.3) is 5.57 Å². The fourth-order valence-electron chi connectivity index (χ4n) is 1.12. The first-order chi connectivity index (χ1) is 6.24. The average molecular weight is 175 g/mol. The van der Waals surface area contributed by atoms with Gasteiger partial charge in [-0.25, -0.2) is 0 Å². The van der Waals surface area contributed by atoms with Crippen molar-refractivity contribution >= 4 is 11.3 Å². The van der Waals surface area contributed by atoms with E-state index in [-0.39, 0.29) is 0 Å². The minimum Gasteiger partial charge on any atom is -0.411 e. The van der Waals surface area contributed by atoms with E-state index in [1.807, 2.05) is 30.3 Å². The van der Waals surface area contributed by atoms with E-state index in [2.05, 4.69) is 11.7 Å². The van der Waals surface area contributed by atoms with Crippen LogP contribution in [0.5, 0.6) is 0 Å². The summed E-state index contributed by atoms with van der Waals surface area (Å²) in [5, 5.41) is 11.6. The van der Waals surface area contributed by atoms with Gasteiger partial charge in [-0.2, -0.15) is 0 Å². The molecule has 2 nitrogen and oxygen atoms in total. The van der Waals surface area contributed by atoms with Gasteiger partial charge in [0.05, 0.1) is 5.71 Å². The predicted molar refractivity (Wildman–Crippen MR) is 55.0 cm³/mol. The molecule has 0 fully saturated rings. The standard InChI is InChI=1S/C11H13NO/c1-9(8-10(2)12-13)11-6-4-3-5-7-11/h3-7,13H,1,8H2,2H3/b12-10+. The molecule has 0 saturated heterocycles. The van der Waals surface area contributed by atoms with Gasteiger partial charge < -0.3 is 5.21 Å². The second-order valence-corrected chi connectivity index (χ2v) is 2.98. The van der Waals surface area contributed by atoms with Crippen molar-refractivity contribution in [3.8, 4) is 0 Å². The Bertz CT molecular complexity index is 314. The van der Waals surface area contributed by atoms with Crippen LogP contribution in [-0.2, 0) is 0 Å². The molecule has 1 rings (SSSR count). The highest BCUT2D eigenvalue weighted by Gasteiger charge is 1.99. The fraction of sp³-hybridized carbons (Fsp3) is 0.182. The quantitative estimate of drug-likeness (QED) is 0.427. The molecule has 0 aliphatic heterocycles. The third-order valence-electron chi connectivity index (χ3n) is 1.82. The van der Waals surface area contributed by atoms with Crippen LogP contribution in [-0.4, -0.2) is 10.9 Å². The largest absolute Gasteiger partial charge is 0.411 e. The molecular weight excluding hydrogens is 162 g/mol. The van der Waals surface area contributed by atoms with E-state index in [4.69, 9.17) is 5.21 Å². The van der Waals surface area contributed by atoms with Gasteiger partial charge in [0.1, 0.15) is 0 Å². The minimum absolute atomic E-state index is 0.612. The van der Waals surface area contributed by atoms with E-state index >= 15 is 0 Å². The monoisotopic (exact) mass is 175 g/mol. The van der Waals surface area contributed by atoms with Crippen molar-refractivity contribution in [3.63, 3.8) is 0 Å². The number of rotatable bonds is 3. The van der Waals surface area contributed by atoms with E-state index in [1.165, 1.54) is 0 Å². The summed E-state index contributed by atoms with van der Waals surface area (Å²) in [6, 6.07) is 9.88. The number of hydrogen-bond donors (Lipinski definition) is 1. The molecule has 0 saturated carbocycles. The lowest BCUT2D eigenvalue weighted by molar-refractivity contribution is 0.318. The fourth-order valence-corrected chi connectivity index (χ4v) is 1.12. The summed E-state index contributed by atoms with van der Waals surface area (Å²) in [5.74, 6) is 0. The molecule has 0 aromatic heterocycles. The second-order valence-electron chi connectivity index (χ2n) is 2.98. The van der Waals surface area contributed by atoms with Crippen molar-refractivity contribution < 1.29 is 5.21 Å². The Hall–Kier alpha value is -1.57. The van der Waals surface area contributed by atoms with E-state index in [0.29, 0.717) is 12.1 Å². The van der Waals surface area contributed by atoms with Crippen molar-refractivity contribution in [3.05, 3.63) is 42.5 Å². The zero-order chi connectivity index (χ0) is 9.68. The number of oxime groups is 1. The number of hydrogen-bond acceptors (Lipinski definition) is 2. The summed E-state index contributed by atoms with van der Waals surface area (Å²) in [6.07, 6.45) is 0.612. The average Bonchev–Trinajstić information content (AvgIpc) is 2.19. The van der Waals surface area contributed by atoms with Gasteiger partial charge in [0, 0.05) is 6.42 Å². The normalized spacial score (nSPS) is 11.3. The van der Waals surface area contributed by atoms with Gasteiger partial charge in [0.15, 0.2) is 0 Å². The zero-order valence-corrected chi connectivity index (χ0v) is 7.70. The maximum Gasteiger partial charge on any atom is 0.0583 e. The number of allylic oxidation sites excluding steroid dienone is 1. The molecule has 0 heterocycles. The van der Waals surface area contributed by atoms with Crippen molar-refractivity contribution in [2.75, 3.05) is 0 Å². The summed E-state index contributed by atoms with van der Waals surface area (Å²) in [7, 11) is 0. The molecule has 1 aromatic rings. The summed E-state index contributed by atoms with van der Waals surface area (Å²) in [6.45, 7) is 5.69. The highest BCUT2D eigenvalue weighted by atomic mass is 16.4. The lowest BCUT2D eigenvalue weighted by Crippen LogP contribution is -1.93. The van der Waals surface area contributed by atoms with Crippen LogP contribution in [0, 0.1) is 0 Å². The van der Waals surface area contributed by atoms with Crippen molar-refractivity contribution in [1.82, 2.24) is 0 Å². The van der Waals surface area contributed by atoms with Crippen LogP contribution in [0.4, 0.5) is 0 Å². The van der Waals surface area contributed by atoms with Crippen LogP contribution in [0.3, 0.4) is 0 Å². The summed E-state index contributed by atoms with van der Waals surface area (Å²) < 4.78 is 0. The third-order valence-corrected chi connectivity index (χ3v) is 1.82. The van der Waals surface area contributed by atoms with E-state index in [9.17, 15) is 0 Å². The molecule has 0 amide bonds. The van der Waals surface area contributed by atoms with Crippen LogP contribution in [0.15, 0.2) is 42.1 Å². The lowest BCUT2D eigenvalue weighted by atomic mass is 10.0. The van der Waals surface area contributed by atoms with Gasteiger partial charge in [-0.05, 0) is 18.1 Å². The molecule has 1 aromatic carbocycles. The van der Waals surface area contributed by atoms with Gasteiger partial charge in [0.25, 0.3) is 0 Å². The topological polar surface area (TPSA) is 32.6 Å². The van der Waals surface area contributed by atoms with Gasteiger partial charge in [-0.15, -0.1) is 0 Å².